The fourth-order valence-corrected chi connectivity index (χ4v) is 1.90. The van der Waals surface area contributed by atoms with E-state index < -0.39 is 6.04 Å². The summed E-state index contributed by atoms with van der Waals surface area (Å²) in [6.45, 7) is 7.21. The minimum atomic E-state index is -0.448. The highest BCUT2D eigenvalue weighted by atomic mass is 16.5. The fourth-order valence-electron chi connectivity index (χ4n) is 1.90. The molecule has 5 heteroatoms. The van der Waals surface area contributed by atoms with Crippen LogP contribution in [0.1, 0.15) is 40.0 Å². The van der Waals surface area contributed by atoms with Gasteiger partial charge >= 0.3 is 0 Å². The van der Waals surface area contributed by atoms with E-state index in [2.05, 4.69) is 16.7 Å². The molecule has 1 aliphatic rings. The molecule has 2 unspecified atom stereocenters. The lowest BCUT2D eigenvalue weighted by molar-refractivity contribution is -0.122. The molecule has 1 saturated heterocycles. The summed E-state index contributed by atoms with van der Waals surface area (Å²) in [4.78, 5) is 11.7. The molecule has 0 aliphatic carbocycles. The van der Waals surface area contributed by atoms with Crippen LogP contribution in [0.15, 0.2) is 0 Å². The number of rotatable bonds is 5. The molecule has 0 radical (unpaired) electrons. The Hall–Kier alpha value is -1.12. The van der Waals surface area contributed by atoms with Crippen molar-refractivity contribution in [2.75, 3.05) is 13.2 Å². The average molecular weight is 253 g/mol. The minimum Gasteiger partial charge on any atom is -0.377 e. The first-order valence-corrected chi connectivity index (χ1v) is 6.46. The molecule has 1 fully saturated rings. The summed E-state index contributed by atoms with van der Waals surface area (Å²) in [6.07, 6.45) is 2.47. The Morgan fingerprint density at radius 1 is 1.56 bits per heavy atom. The van der Waals surface area contributed by atoms with Gasteiger partial charge in [0.15, 0.2) is 0 Å². The van der Waals surface area contributed by atoms with E-state index in [4.69, 9.17) is 10.00 Å². The summed E-state index contributed by atoms with van der Waals surface area (Å²) in [5.41, 5.74) is -0.258. The van der Waals surface area contributed by atoms with Crippen LogP contribution in [0.2, 0.25) is 0 Å². The second kappa shape index (κ2) is 6.72. The van der Waals surface area contributed by atoms with Crippen LogP contribution in [0, 0.1) is 11.3 Å². The van der Waals surface area contributed by atoms with Crippen LogP contribution in [-0.4, -0.2) is 36.7 Å². The van der Waals surface area contributed by atoms with Gasteiger partial charge in [-0.3, -0.25) is 10.1 Å². The predicted octanol–water partition coefficient (Wildman–Crippen LogP) is 0.952. The van der Waals surface area contributed by atoms with Gasteiger partial charge in [0.25, 0.3) is 0 Å². The zero-order chi connectivity index (χ0) is 13.6. The lowest BCUT2D eigenvalue weighted by Crippen LogP contribution is -2.44. The molecule has 0 bridgehead atoms. The van der Waals surface area contributed by atoms with Crippen LogP contribution in [0.4, 0.5) is 0 Å². The number of nitrogens with zero attached hydrogens (tertiary/aromatic N) is 1. The van der Waals surface area contributed by atoms with Crippen molar-refractivity contribution < 1.29 is 9.53 Å². The van der Waals surface area contributed by atoms with Crippen LogP contribution >= 0.6 is 0 Å². The minimum absolute atomic E-state index is 0.103. The topological polar surface area (TPSA) is 74.2 Å². The molecule has 0 spiro atoms. The van der Waals surface area contributed by atoms with Crippen LogP contribution in [-0.2, 0) is 9.53 Å². The molecule has 1 amide bonds. The van der Waals surface area contributed by atoms with E-state index in [0.29, 0.717) is 6.54 Å². The molecule has 5 nitrogen and oxygen atoms in total. The molecule has 0 aromatic heterocycles. The zero-order valence-corrected chi connectivity index (χ0v) is 11.5. The molecule has 0 saturated carbocycles. The van der Waals surface area contributed by atoms with Gasteiger partial charge in [0.2, 0.25) is 5.91 Å². The average Bonchev–Trinajstić information content (AvgIpc) is 2.74. The van der Waals surface area contributed by atoms with Crippen molar-refractivity contribution in [2.45, 2.75) is 57.7 Å². The number of carbonyl (C=O) groups excluding carboxylic acids is 1. The lowest BCUT2D eigenvalue weighted by atomic mass is 10.1. The standard InChI is InChI=1S/C13H23N3O2/c1-13(2,3)16-12(17)7-10(8-14)15-9-11-5-4-6-18-11/h10-11,15H,4-7,9H2,1-3H3,(H,16,17). The zero-order valence-electron chi connectivity index (χ0n) is 11.5. The van der Waals surface area contributed by atoms with Crippen LogP contribution in [0.25, 0.3) is 0 Å². The number of hydrogen-bond acceptors (Lipinski definition) is 4. The highest BCUT2D eigenvalue weighted by Gasteiger charge is 2.20. The van der Waals surface area contributed by atoms with Gasteiger partial charge in [0, 0.05) is 18.7 Å². The van der Waals surface area contributed by atoms with Gasteiger partial charge in [0.1, 0.15) is 6.04 Å². The smallest absolute Gasteiger partial charge is 0.223 e. The molecule has 0 aromatic carbocycles. The molecule has 1 rings (SSSR count). The number of amides is 1. The molecule has 102 valence electrons. The molecule has 18 heavy (non-hydrogen) atoms. The maximum absolute atomic E-state index is 11.7. The van der Waals surface area contributed by atoms with Crippen molar-refractivity contribution in [2.24, 2.45) is 0 Å². The Morgan fingerprint density at radius 2 is 2.28 bits per heavy atom. The van der Waals surface area contributed by atoms with Crippen molar-refractivity contribution >= 4 is 5.91 Å². The Morgan fingerprint density at radius 3 is 2.78 bits per heavy atom. The summed E-state index contributed by atoms with van der Waals surface area (Å²) < 4.78 is 5.46. The largest absolute Gasteiger partial charge is 0.377 e. The summed E-state index contributed by atoms with van der Waals surface area (Å²) >= 11 is 0. The first-order chi connectivity index (χ1) is 8.40. The lowest BCUT2D eigenvalue weighted by Gasteiger charge is -2.22. The van der Waals surface area contributed by atoms with Crippen molar-refractivity contribution in [3.05, 3.63) is 0 Å². The highest BCUT2D eigenvalue weighted by Crippen LogP contribution is 2.11. The fraction of sp³-hybridized carbons (Fsp3) is 0.846. The van der Waals surface area contributed by atoms with Crippen LogP contribution in [0.5, 0.6) is 0 Å². The molecule has 1 aliphatic heterocycles. The summed E-state index contributed by atoms with van der Waals surface area (Å²) in [6, 6.07) is 1.67. The van der Waals surface area contributed by atoms with Gasteiger partial charge in [-0.1, -0.05) is 0 Å². The van der Waals surface area contributed by atoms with Crippen molar-refractivity contribution in [1.29, 1.82) is 5.26 Å². The highest BCUT2D eigenvalue weighted by molar-refractivity contribution is 5.77. The summed E-state index contributed by atoms with van der Waals surface area (Å²) in [5, 5.41) is 14.9. The third-order valence-electron chi connectivity index (χ3n) is 2.68. The second-order valence-corrected chi connectivity index (χ2v) is 5.73. The van der Waals surface area contributed by atoms with E-state index in [1.165, 1.54) is 0 Å². The Balaban J connectivity index is 2.28. The Labute approximate surface area is 109 Å². The van der Waals surface area contributed by atoms with Gasteiger partial charge in [-0.15, -0.1) is 0 Å². The maximum atomic E-state index is 11.7. The van der Waals surface area contributed by atoms with Gasteiger partial charge in [-0.2, -0.15) is 5.26 Å². The predicted molar refractivity (Wildman–Crippen MR) is 68.9 cm³/mol. The quantitative estimate of drug-likeness (QED) is 0.765. The van der Waals surface area contributed by atoms with Crippen molar-refractivity contribution in [1.82, 2.24) is 10.6 Å². The number of nitriles is 1. The monoisotopic (exact) mass is 253 g/mol. The SMILES string of the molecule is CC(C)(C)NC(=O)CC(C#N)NCC1CCCO1. The maximum Gasteiger partial charge on any atom is 0.223 e. The van der Waals surface area contributed by atoms with E-state index in [9.17, 15) is 4.79 Å². The summed E-state index contributed by atoms with van der Waals surface area (Å²) in [7, 11) is 0. The third kappa shape index (κ3) is 5.99. The number of hydrogen-bond donors (Lipinski definition) is 2. The van der Waals surface area contributed by atoms with Gasteiger partial charge in [0.05, 0.1) is 18.6 Å². The van der Waals surface area contributed by atoms with Crippen LogP contribution in [0.3, 0.4) is 0 Å². The van der Waals surface area contributed by atoms with E-state index in [0.717, 1.165) is 19.4 Å². The van der Waals surface area contributed by atoms with Gasteiger partial charge in [-0.05, 0) is 33.6 Å². The van der Waals surface area contributed by atoms with E-state index in [-0.39, 0.29) is 24.0 Å². The second-order valence-electron chi connectivity index (χ2n) is 5.73. The Bertz CT molecular complexity index is 311. The van der Waals surface area contributed by atoms with E-state index in [1.807, 2.05) is 20.8 Å². The summed E-state index contributed by atoms with van der Waals surface area (Å²) in [5.74, 6) is -0.103. The van der Waals surface area contributed by atoms with Crippen molar-refractivity contribution in [3.8, 4) is 6.07 Å². The molecular formula is C13H23N3O2. The Kier molecular flexibility index (Phi) is 5.57. The molecular weight excluding hydrogens is 230 g/mol. The van der Waals surface area contributed by atoms with Crippen molar-refractivity contribution in [3.63, 3.8) is 0 Å². The molecule has 2 atom stereocenters. The normalized spacial score (nSPS) is 21.3. The van der Waals surface area contributed by atoms with E-state index in [1.54, 1.807) is 0 Å². The van der Waals surface area contributed by atoms with Gasteiger partial charge in [-0.25, -0.2) is 0 Å². The molecule has 2 N–H and O–H groups in total. The third-order valence-corrected chi connectivity index (χ3v) is 2.68. The first-order valence-electron chi connectivity index (χ1n) is 6.46. The first kappa shape index (κ1) is 14.9. The van der Waals surface area contributed by atoms with Crippen LogP contribution < -0.4 is 10.6 Å². The molecule has 0 aromatic rings. The van der Waals surface area contributed by atoms with E-state index >= 15 is 0 Å². The number of nitrogens with one attached hydrogen (secondary N) is 2. The number of carbonyl (C=O) groups is 1. The number of ether oxygens (including phenoxy) is 1. The van der Waals surface area contributed by atoms with Gasteiger partial charge < -0.3 is 10.1 Å². The molecule has 1 heterocycles.